The third kappa shape index (κ3) is 9.41. The SMILES string of the molecule is CCC=N/C=C/CCCC(C)C. The molecule has 0 spiro atoms. The Hall–Kier alpha value is -0.590. The molecule has 0 rings (SSSR count). The third-order valence-corrected chi connectivity index (χ3v) is 1.63. The van der Waals surface area contributed by atoms with Crippen LogP contribution in [0.2, 0.25) is 0 Å². The molecule has 0 aromatic rings. The zero-order valence-corrected chi connectivity index (χ0v) is 8.59. The van der Waals surface area contributed by atoms with Crippen molar-refractivity contribution in [2.45, 2.75) is 46.5 Å². The van der Waals surface area contributed by atoms with Crippen molar-refractivity contribution in [3.63, 3.8) is 0 Å². The van der Waals surface area contributed by atoms with Gasteiger partial charge in [-0.3, -0.25) is 4.99 Å². The molecule has 0 saturated heterocycles. The second-order valence-electron chi connectivity index (χ2n) is 3.45. The number of rotatable bonds is 6. The van der Waals surface area contributed by atoms with Crippen LogP contribution in [0, 0.1) is 5.92 Å². The van der Waals surface area contributed by atoms with E-state index in [2.05, 4.69) is 31.8 Å². The van der Waals surface area contributed by atoms with E-state index < -0.39 is 0 Å². The molecule has 0 aromatic carbocycles. The van der Waals surface area contributed by atoms with Crippen molar-refractivity contribution in [1.29, 1.82) is 0 Å². The van der Waals surface area contributed by atoms with Crippen molar-refractivity contribution in [3.8, 4) is 0 Å². The predicted octanol–water partition coefficient (Wildman–Crippen LogP) is 3.81. The highest BCUT2D eigenvalue weighted by atomic mass is 14.7. The van der Waals surface area contributed by atoms with Gasteiger partial charge in [-0.2, -0.15) is 0 Å². The van der Waals surface area contributed by atoms with Gasteiger partial charge in [0, 0.05) is 12.4 Å². The summed E-state index contributed by atoms with van der Waals surface area (Å²) < 4.78 is 0. The molecule has 0 atom stereocenters. The van der Waals surface area contributed by atoms with Gasteiger partial charge in [-0.05, 0) is 25.2 Å². The molecule has 0 saturated carbocycles. The van der Waals surface area contributed by atoms with E-state index in [9.17, 15) is 0 Å². The fourth-order valence-electron chi connectivity index (χ4n) is 0.946. The van der Waals surface area contributed by atoms with E-state index in [4.69, 9.17) is 0 Å². The van der Waals surface area contributed by atoms with Gasteiger partial charge in [0.05, 0.1) is 0 Å². The van der Waals surface area contributed by atoms with E-state index in [0.717, 1.165) is 12.3 Å². The fourth-order valence-corrected chi connectivity index (χ4v) is 0.946. The lowest BCUT2D eigenvalue weighted by molar-refractivity contribution is 0.560. The fraction of sp³-hybridized carbons (Fsp3) is 0.727. The Kier molecular flexibility index (Phi) is 8.09. The first-order valence-electron chi connectivity index (χ1n) is 4.94. The normalized spacial score (nSPS) is 12.3. The number of hydrogen-bond donors (Lipinski definition) is 0. The lowest BCUT2D eigenvalue weighted by Gasteiger charge is -1.99. The molecule has 70 valence electrons. The first-order valence-corrected chi connectivity index (χ1v) is 4.94. The van der Waals surface area contributed by atoms with Gasteiger partial charge in [-0.15, -0.1) is 0 Å². The average molecular weight is 167 g/mol. The summed E-state index contributed by atoms with van der Waals surface area (Å²) in [5.41, 5.74) is 0. The molecule has 0 aliphatic rings. The van der Waals surface area contributed by atoms with Crippen LogP contribution in [0.1, 0.15) is 46.5 Å². The highest BCUT2D eigenvalue weighted by Crippen LogP contribution is 2.06. The number of unbranched alkanes of at least 4 members (excludes halogenated alkanes) is 1. The lowest BCUT2D eigenvalue weighted by Crippen LogP contribution is -1.84. The minimum Gasteiger partial charge on any atom is -0.269 e. The van der Waals surface area contributed by atoms with Crippen molar-refractivity contribution in [2.24, 2.45) is 10.9 Å². The van der Waals surface area contributed by atoms with Crippen LogP contribution in [-0.4, -0.2) is 6.21 Å². The van der Waals surface area contributed by atoms with Crippen molar-refractivity contribution >= 4 is 6.21 Å². The van der Waals surface area contributed by atoms with Crippen LogP contribution in [0.15, 0.2) is 17.3 Å². The second kappa shape index (κ2) is 8.51. The van der Waals surface area contributed by atoms with E-state index in [0.29, 0.717) is 0 Å². The zero-order chi connectivity index (χ0) is 9.23. The van der Waals surface area contributed by atoms with Gasteiger partial charge in [0.1, 0.15) is 0 Å². The summed E-state index contributed by atoms with van der Waals surface area (Å²) in [6.07, 6.45) is 10.8. The lowest BCUT2D eigenvalue weighted by atomic mass is 10.1. The summed E-state index contributed by atoms with van der Waals surface area (Å²) in [5.74, 6) is 0.831. The van der Waals surface area contributed by atoms with Crippen LogP contribution < -0.4 is 0 Å². The molecule has 0 heterocycles. The van der Waals surface area contributed by atoms with Gasteiger partial charge in [-0.25, -0.2) is 0 Å². The van der Waals surface area contributed by atoms with E-state index in [1.165, 1.54) is 19.3 Å². The summed E-state index contributed by atoms with van der Waals surface area (Å²) in [6.45, 7) is 6.62. The topological polar surface area (TPSA) is 12.4 Å². The monoisotopic (exact) mass is 167 g/mol. The Morgan fingerprint density at radius 2 is 2.08 bits per heavy atom. The highest BCUT2D eigenvalue weighted by Gasteiger charge is 1.90. The standard InChI is InChI=1S/C11H21N/c1-4-9-12-10-7-5-6-8-11(2)3/h7,9-11H,4-6,8H2,1-3H3/b10-7+,12-9?. The maximum atomic E-state index is 4.10. The molecule has 0 unspecified atom stereocenters. The van der Waals surface area contributed by atoms with Gasteiger partial charge >= 0.3 is 0 Å². The Balaban J connectivity index is 3.19. The average Bonchev–Trinajstić information content (AvgIpc) is 2.02. The van der Waals surface area contributed by atoms with Crippen LogP contribution in [0.5, 0.6) is 0 Å². The van der Waals surface area contributed by atoms with Crippen LogP contribution in [-0.2, 0) is 0 Å². The van der Waals surface area contributed by atoms with E-state index in [-0.39, 0.29) is 0 Å². The number of nitrogens with zero attached hydrogens (tertiary/aromatic N) is 1. The van der Waals surface area contributed by atoms with Crippen molar-refractivity contribution < 1.29 is 0 Å². The van der Waals surface area contributed by atoms with E-state index in [1.807, 2.05) is 12.4 Å². The Morgan fingerprint density at radius 3 is 2.67 bits per heavy atom. The third-order valence-electron chi connectivity index (χ3n) is 1.63. The molecule has 0 aromatic heterocycles. The summed E-state index contributed by atoms with van der Waals surface area (Å²) in [6, 6.07) is 0. The van der Waals surface area contributed by atoms with Gasteiger partial charge in [0.15, 0.2) is 0 Å². The highest BCUT2D eigenvalue weighted by molar-refractivity contribution is 5.57. The molecule has 0 radical (unpaired) electrons. The van der Waals surface area contributed by atoms with Crippen molar-refractivity contribution in [3.05, 3.63) is 12.3 Å². The van der Waals surface area contributed by atoms with Crippen LogP contribution in [0.3, 0.4) is 0 Å². The van der Waals surface area contributed by atoms with Crippen LogP contribution in [0.25, 0.3) is 0 Å². The molecule has 0 aliphatic heterocycles. The predicted molar refractivity (Wildman–Crippen MR) is 56.6 cm³/mol. The number of hydrogen-bond acceptors (Lipinski definition) is 1. The molecule has 1 nitrogen and oxygen atoms in total. The molecular formula is C11H21N. The summed E-state index contributed by atoms with van der Waals surface area (Å²) in [5, 5.41) is 0. The number of allylic oxidation sites excluding steroid dienone is 1. The van der Waals surface area contributed by atoms with E-state index >= 15 is 0 Å². The van der Waals surface area contributed by atoms with Gasteiger partial charge < -0.3 is 0 Å². The minimum atomic E-state index is 0.831. The summed E-state index contributed by atoms with van der Waals surface area (Å²) in [7, 11) is 0. The van der Waals surface area contributed by atoms with Gasteiger partial charge in [0.25, 0.3) is 0 Å². The van der Waals surface area contributed by atoms with Crippen molar-refractivity contribution in [1.82, 2.24) is 0 Å². The van der Waals surface area contributed by atoms with E-state index in [1.54, 1.807) is 0 Å². The number of aliphatic imine (C=N–C) groups is 1. The summed E-state index contributed by atoms with van der Waals surface area (Å²) in [4.78, 5) is 4.10. The second-order valence-corrected chi connectivity index (χ2v) is 3.45. The molecule has 1 heteroatoms. The largest absolute Gasteiger partial charge is 0.269 e. The summed E-state index contributed by atoms with van der Waals surface area (Å²) >= 11 is 0. The van der Waals surface area contributed by atoms with Gasteiger partial charge in [0.2, 0.25) is 0 Å². The zero-order valence-electron chi connectivity index (χ0n) is 8.59. The molecule has 0 N–H and O–H groups in total. The molecule has 0 amide bonds. The van der Waals surface area contributed by atoms with Crippen LogP contribution in [0.4, 0.5) is 0 Å². The smallest absolute Gasteiger partial charge is 0.0223 e. The minimum absolute atomic E-state index is 0.831. The quantitative estimate of drug-likeness (QED) is 0.421. The van der Waals surface area contributed by atoms with Gasteiger partial charge in [-0.1, -0.05) is 33.3 Å². The maximum Gasteiger partial charge on any atom is 0.0223 e. The molecule has 0 aliphatic carbocycles. The van der Waals surface area contributed by atoms with Crippen LogP contribution >= 0.6 is 0 Å². The Labute approximate surface area is 76.6 Å². The Morgan fingerprint density at radius 1 is 1.33 bits per heavy atom. The molecule has 0 fully saturated rings. The first-order chi connectivity index (χ1) is 5.77. The molecule has 12 heavy (non-hydrogen) atoms. The van der Waals surface area contributed by atoms with Crippen molar-refractivity contribution in [2.75, 3.05) is 0 Å². The first kappa shape index (κ1) is 11.4. The molecule has 0 bridgehead atoms. The Bertz CT molecular complexity index is 134. The molecular weight excluding hydrogens is 146 g/mol. The maximum absolute atomic E-state index is 4.10.